The van der Waals surface area contributed by atoms with Crippen molar-refractivity contribution in [2.45, 2.75) is 52.5 Å². The number of hydrogen-bond donors (Lipinski definition) is 3. The van der Waals surface area contributed by atoms with Gasteiger partial charge in [0.2, 0.25) is 27.8 Å². The number of hydrogen-bond acceptors (Lipinski definition) is 9. The molecule has 0 bridgehead atoms. The van der Waals surface area contributed by atoms with Crippen LogP contribution in [0.5, 0.6) is 5.88 Å². The van der Waals surface area contributed by atoms with Crippen LogP contribution in [0.1, 0.15) is 50.1 Å². The number of anilines is 2. The molecule has 10 nitrogen and oxygen atoms in total. The van der Waals surface area contributed by atoms with Gasteiger partial charge in [-0.1, -0.05) is 20.8 Å². The van der Waals surface area contributed by atoms with E-state index in [4.69, 9.17) is 4.74 Å². The standard InChI is InChI=1S/C20H32N6O4S/c1-12(2)7-15(11-27)22-19-23-17(24-20(25-19)26-31(6,28)29)8-13(3)16-10-21-18(30-5)9-14(16)4/h9-10,12-13,15,27H,7-8,11H2,1-6H3,(H2,22,23,24,25,26)/t13?,15-/m1/s1. The molecule has 2 rings (SSSR count). The number of aryl methyl sites for hydroxylation is 1. The Bertz CT molecular complexity index is 984. The Morgan fingerprint density at radius 3 is 2.39 bits per heavy atom. The molecule has 0 spiro atoms. The Hall–Kier alpha value is -2.53. The number of pyridine rings is 1. The lowest BCUT2D eigenvalue weighted by Gasteiger charge is -2.19. The minimum absolute atomic E-state index is 0.0176. The maximum absolute atomic E-state index is 11.7. The third kappa shape index (κ3) is 7.91. The molecule has 0 aliphatic heterocycles. The summed E-state index contributed by atoms with van der Waals surface area (Å²) in [7, 11) is -1.99. The van der Waals surface area contributed by atoms with Crippen molar-refractivity contribution < 1.29 is 18.3 Å². The van der Waals surface area contributed by atoms with Crippen LogP contribution in [0, 0.1) is 12.8 Å². The van der Waals surface area contributed by atoms with E-state index in [1.807, 2.05) is 33.8 Å². The fourth-order valence-electron chi connectivity index (χ4n) is 3.27. The number of nitrogens with one attached hydrogen (secondary N) is 2. The lowest BCUT2D eigenvalue weighted by Crippen LogP contribution is -2.27. The summed E-state index contributed by atoms with van der Waals surface area (Å²) >= 11 is 0. The van der Waals surface area contributed by atoms with Gasteiger partial charge >= 0.3 is 0 Å². The number of rotatable bonds is 11. The van der Waals surface area contributed by atoms with Crippen LogP contribution in [0.3, 0.4) is 0 Å². The fraction of sp³-hybridized carbons (Fsp3) is 0.600. The second-order valence-electron chi connectivity index (χ2n) is 8.11. The van der Waals surface area contributed by atoms with Crippen molar-refractivity contribution in [3.05, 3.63) is 29.2 Å². The molecular weight excluding hydrogens is 420 g/mol. The minimum atomic E-state index is -3.56. The largest absolute Gasteiger partial charge is 0.481 e. The Labute approximate surface area is 184 Å². The predicted octanol–water partition coefficient (Wildman–Crippen LogP) is 2.12. The molecule has 1 unspecified atom stereocenters. The van der Waals surface area contributed by atoms with Crippen molar-refractivity contribution in [2.75, 3.05) is 30.0 Å². The predicted molar refractivity (Wildman–Crippen MR) is 120 cm³/mol. The van der Waals surface area contributed by atoms with Crippen LogP contribution in [0.25, 0.3) is 0 Å². The lowest BCUT2D eigenvalue weighted by molar-refractivity contribution is 0.259. The van der Waals surface area contributed by atoms with Crippen LogP contribution in [0.4, 0.5) is 11.9 Å². The number of nitrogens with zero attached hydrogens (tertiary/aromatic N) is 4. The molecule has 0 fully saturated rings. The summed E-state index contributed by atoms with van der Waals surface area (Å²) in [6, 6.07) is 1.60. The summed E-state index contributed by atoms with van der Waals surface area (Å²) in [5, 5.41) is 12.8. The van der Waals surface area contributed by atoms with Crippen LogP contribution in [-0.4, -0.2) is 59.5 Å². The van der Waals surface area contributed by atoms with Crippen LogP contribution in [-0.2, 0) is 16.4 Å². The molecule has 2 aromatic heterocycles. The quantitative estimate of drug-likeness (QED) is 0.468. The van der Waals surface area contributed by atoms with E-state index in [0.717, 1.165) is 17.4 Å². The number of sulfonamides is 1. The van der Waals surface area contributed by atoms with E-state index >= 15 is 0 Å². The molecule has 2 atom stereocenters. The number of methoxy groups -OCH3 is 1. The van der Waals surface area contributed by atoms with Gasteiger partial charge in [-0.25, -0.2) is 13.4 Å². The molecule has 0 aliphatic rings. The van der Waals surface area contributed by atoms with Crippen molar-refractivity contribution in [1.82, 2.24) is 19.9 Å². The van der Waals surface area contributed by atoms with Crippen molar-refractivity contribution in [2.24, 2.45) is 5.92 Å². The topological polar surface area (TPSA) is 139 Å². The van der Waals surface area contributed by atoms with Crippen molar-refractivity contribution >= 4 is 21.9 Å². The molecule has 0 aromatic carbocycles. The highest BCUT2D eigenvalue weighted by molar-refractivity contribution is 7.91. The van der Waals surface area contributed by atoms with Crippen molar-refractivity contribution in [3.8, 4) is 5.88 Å². The monoisotopic (exact) mass is 452 g/mol. The number of aliphatic hydroxyl groups excluding tert-OH is 1. The van der Waals surface area contributed by atoms with E-state index in [0.29, 0.717) is 30.5 Å². The molecule has 2 aromatic rings. The Balaban J connectivity index is 2.33. The molecule has 0 saturated heterocycles. The number of ether oxygens (including phenoxy) is 1. The molecule has 11 heteroatoms. The lowest BCUT2D eigenvalue weighted by atomic mass is 9.95. The second-order valence-corrected chi connectivity index (χ2v) is 9.86. The molecule has 3 N–H and O–H groups in total. The van der Waals surface area contributed by atoms with E-state index in [2.05, 4.69) is 30.0 Å². The Kier molecular flexibility index (Phi) is 8.52. The highest BCUT2D eigenvalue weighted by atomic mass is 32.2. The summed E-state index contributed by atoms with van der Waals surface area (Å²) in [6.45, 7) is 8.00. The highest BCUT2D eigenvalue weighted by Crippen LogP contribution is 2.25. The average Bonchev–Trinajstić information content (AvgIpc) is 2.65. The van der Waals surface area contributed by atoms with Crippen LogP contribution >= 0.6 is 0 Å². The third-order valence-corrected chi connectivity index (χ3v) is 5.18. The summed E-state index contributed by atoms with van der Waals surface area (Å²) in [6.07, 6.45) is 3.95. The first-order valence-electron chi connectivity index (χ1n) is 10.1. The SMILES string of the molecule is COc1cc(C)c(C(C)Cc2nc(N[C@@H](CO)CC(C)C)nc(NS(C)(=O)=O)n2)cn1. The molecule has 0 radical (unpaired) electrons. The van der Waals surface area contributed by atoms with E-state index in [-0.39, 0.29) is 30.5 Å². The van der Waals surface area contributed by atoms with E-state index in [1.54, 1.807) is 13.3 Å². The van der Waals surface area contributed by atoms with Gasteiger partial charge in [0.05, 0.1) is 26.0 Å². The van der Waals surface area contributed by atoms with Gasteiger partial charge in [-0.2, -0.15) is 15.0 Å². The van der Waals surface area contributed by atoms with Gasteiger partial charge in [-0.15, -0.1) is 0 Å². The Morgan fingerprint density at radius 1 is 1.16 bits per heavy atom. The highest BCUT2D eigenvalue weighted by Gasteiger charge is 2.18. The molecular formula is C20H32N6O4S. The zero-order valence-corrected chi connectivity index (χ0v) is 19.7. The van der Waals surface area contributed by atoms with Gasteiger partial charge in [0, 0.05) is 18.7 Å². The Morgan fingerprint density at radius 2 is 1.84 bits per heavy atom. The van der Waals surface area contributed by atoms with E-state index in [1.165, 1.54) is 0 Å². The van der Waals surface area contributed by atoms with Gasteiger partial charge in [0.15, 0.2) is 0 Å². The number of aromatic nitrogens is 4. The van der Waals surface area contributed by atoms with Crippen molar-refractivity contribution in [3.63, 3.8) is 0 Å². The summed E-state index contributed by atoms with van der Waals surface area (Å²) in [5.74, 6) is 1.49. The van der Waals surface area contributed by atoms with Gasteiger partial charge < -0.3 is 15.2 Å². The maximum atomic E-state index is 11.7. The first kappa shape index (κ1) is 24.7. The van der Waals surface area contributed by atoms with Crippen LogP contribution < -0.4 is 14.8 Å². The van der Waals surface area contributed by atoms with Gasteiger partial charge in [0.1, 0.15) is 5.82 Å². The zero-order chi connectivity index (χ0) is 23.2. The molecule has 172 valence electrons. The minimum Gasteiger partial charge on any atom is -0.481 e. The average molecular weight is 453 g/mol. The van der Waals surface area contributed by atoms with Crippen molar-refractivity contribution in [1.29, 1.82) is 0 Å². The van der Waals surface area contributed by atoms with E-state index in [9.17, 15) is 13.5 Å². The summed E-state index contributed by atoms with van der Waals surface area (Å²) < 4.78 is 30.9. The molecule has 2 heterocycles. The van der Waals surface area contributed by atoms with Crippen LogP contribution in [0.2, 0.25) is 0 Å². The first-order chi connectivity index (χ1) is 14.5. The zero-order valence-electron chi connectivity index (χ0n) is 18.9. The maximum Gasteiger partial charge on any atom is 0.241 e. The van der Waals surface area contributed by atoms with Crippen LogP contribution in [0.15, 0.2) is 12.3 Å². The molecule has 0 amide bonds. The fourth-order valence-corrected chi connectivity index (χ4v) is 3.69. The summed E-state index contributed by atoms with van der Waals surface area (Å²) in [4.78, 5) is 17.2. The second kappa shape index (κ2) is 10.7. The molecule has 0 aliphatic carbocycles. The smallest absolute Gasteiger partial charge is 0.241 e. The molecule has 31 heavy (non-hydrogen) atoms. The van der Waals surface area contributed by atoms with Gasteiger partial charge in [-0.05, 0) is 36.3 Å². The number of aliphatic hydroxyl groups is 1. The van der Waals surface area contributed by atoms with Gasteiger partial charge in [0.25, 0.3) is 0 Å². The molecule has 0 saturated carbocycles. The van der Waals surface area contributed by atoms with Gasteiger partial charge in [-0.3, -0.25) is 4.72 Å². The van der Waals surface area contributed by atoms with E-state index < -0.39 is 10.0 Å². The summed E-state index contributed by atoms with van der Waals surface area (Å²) in [5.41, 5.74) is 2.04. The first-order valence-corrected chi connectivity index (χ1v) is 12.0. The third-order valence-electron chi connectivity index (χ3n) is 4.62. The normalized spacial score (nSPS) is 13.7.